The molecule has 0 fully saturated rings. The van der Waals surface area contributed by atoms with Gasteiger partial charge in [-0.15, -0.1) is 0 Å². The molecule has 12 aromatic carbocycles. The summed E-state index contributed by atoms with van der Waals surface area (Å²) in [7, 11) is 0. The predicted octanol–water partition coefficient (Wildman–Crippen LogP) is 15.1. The lowest BCUT2D eigenvalue weighted by Gasteiger charge is -2.21. The molecule has 0 heterocycles. The number of hydrogen-bond donors (Lipinski definition) is 0. The van der Waals surface area contributed by atoms with E-state index in [2.05, 4.69) is 181 Å². The fraction of sp³-hybridized carbons (Fsp3) is 0. The van der Waals surface area contributed by atoms with E-state index in [9.17, 15) is 10.5 Å². The van der Waals surface area contributed by atoms with Crippen molar-refractivity contribution >= 4 is 75.4 Å². The summed E-state index contributed by atoms with van der Waals surface area (Å²) in [6, 6.07) is 72.3. The fourth-order valence-electron chi connectivity index (χ4n) is 9.76. The smallest absolute Gasteiger partial charge is 0.0991 e. The molecular formula is C62H32N2. The van der Waals surface area contributed by atoms with Crippen molar-refractivity contribution in [2.24, 2.45) is 0 Å². The first-order chi connectivity index (χ1) is 31.6. The zero-order chi connectivity index (χ0) is 42.7. The SMILES string of the molecule is N#Cc1ccc(C#Cc2cc(-c3c4ccccc4cc4ccccc34)c3ccc4c(C#Cc5ccc(C#N)cc5)cc(-c5c6ccccc6cc6ccccc56)c5ccc2c3c45)cc1. The van der Waals surface area contributed by atoms with E-state index in [-0.39, 0.29) is 0 Å². The van der Waals surface area contributed by atoms with E-state index in [1.165, 1.54) is 54.2 Å². The second-order valence-corrected chi connectivity index (χ2v) is 16.3. The molecule has 290 valence electrons. The minimum absolute atomic E-state index is 0.603. The van der Waals surface area contributed by atoms with E-state index in [0.29, 0.717) is 11.1 Å². The summed E-state index contributed by atoms with van der Waals surface area (Å²) in [4.78, 5) is 0. The van der Waals surface area contributed by atoms with E-state index < -0.39 is 0 Å². The molecule has 0 aromatic heterocycles. The van der Waals surface area contributed by atoms with Crippen molar-refractivity contribution in [3.05, 3.63) is 228 Å². The minimum Gasteiger partial charge on any atom is -0.192 e. The Hall–Kier alpha value is -9.18. The highest BCUT2D eigenvalue weighted by atomic mass is 14.3. The molecule has 0 unspecified atom stereocenters. The molecule has 2 nitrogen and oxygen atoms in total. The van der Waals surface area contributed by atoms with Gasteiger partial charge in [-0.25, -0.2) is 0 Å². The zero-order valence-corrected chi connectivity index (χ0v) is 34.4. The van der Waals surface area contributed by atoms with Gasteiger partial charge in [0.05, 0.1) is 23.3 Å². The Balaban J connectivity index is 1.26. The van der Waals surface area contributed by atoms with Crippen LogP contribution in [0.2, 0.25) is 0 Å². The second kappa shape index (κ2) is 14.8. The Morgan fingerprint density at radius 2 is 0.578 bits per heavy atom. The monoisotopic (exact) mass is 804 g/mol. The summed E-state index contributed by atoms with van der Waals surface area (Å²) < 4.78 is 0. The van der Waals surface area contributed by atoms with Crippen molar-refractivity contribution < 1.29 is 0 Å². The van der Waals surface area contributed by atoms with E-state index in [1.54, 1.807) is 0 Å². The van der Waals surface area contributed by atoms with Crippen LogP contribution >= 0.6 is 0 Å². The van der Waals surface area contributed by atoms with Gasteiger partial charge in [0.2, 0.25) is 0 Å². The van der Waals surface area contributed by atoms with Gasteiger partial charge >= 0.3 is 0 Å². The van der Waals surface area contributed by atoms with Crippen molar-refractivity contribution in [3.63, 3.8) is 0 Å². The molecule has 0 amide bonds. The van der Waals surface area contributed by atoms with Crippen molar-refractivity contribution in [2.45, 2.75) is 0 Å². The first kappa shape index (κ1) is 36.7. The molecule has 0 radical (unpaired) electrons. The maximum Gasteiger partial charge on any atom is 0.0991 e. The Morgan fingerprint density at radius 1 is 0.266 bits per heavy atom. The number of fused-ring (bicyclic) bond motifs is 4. The third-order valence-electron chi connectivity index (χ3n) is 12.7. The standard InChI is InChI=1S/C62H32N2/c63-37-41-21-17-39(18-22-41)25-27-47-35-57(59-49-13-5-1-9-43(49)33-44-10-2-6-14-50(44)59)55-31-29-54-48(28-26-40-19-23-42(38-64)24-20-40)36-58(56-32-30-53(47)61(55)62(54)56)60-51-15-7-3-11-45(51)34-46-12-4-8-16-52(46)60/h1-24,29-36H. The second-order valence-electron chi connectivity index (χ2n) is 16.3. The normalized spacial score (nSPS) is 11.2. The maximum atomic E-state index is 9.50. The van der Waals surface area contributed by atoms with Crippen LogP contribution in [0.25, 0.3) is 97.7 Å². The van der Waals surface area contributed by atoms with E-state index in [0.717, 1.165) is 65.7 Å². The van der Waals surface area contributed by atoms with E-state index in [1.807, 2.05) is 48.5 Å². The summed E-state index contributed by atoms with van der Waals surface area (Å²) in [5.74, 6) is 14.2. The van der Waals surface area contributed by atoms with Crippen LogP contribution in [-0.4, -0.2) is 0 Å². The third kappa shape index (κ3) is 5.92. The van der Waals surface area contributed by atoms with Gasteiger partial charge < -0.3 is 0 Å². The summed E-state index contributed by atoms with van der Waals surface area (Å²) in [5.41, 5.74) is 9.31. The van der Waals surface area contributed by atoms with Gasteiger partial charge in [0, 0.05) is 22.3 Å². The number of benzene rings is 12. The van der Waals surface area contributed by atoms with Gasteiger partial charge in [-0.2, -0.15) is 10.5 Å². The Labute approximate surface area is 369 Å². The van der Waals surface area contributed by atoms with Gasteiger partial charge in [-0.1, -0.05) is 145 Å². The van der Waals surface area contributed by atoms with Crippen LogP contribution < -0.4 is 0 Å². The first-order valence-corrected chi connectivity index (χ1v) is 21.3. The average molecular weight is 805 g/mol. The molecule has 0 aliphatic rings. The fourth-order valence-corrected chi connectivity index (χ4v) is 9.76. The summed E-state index contributed by atoms with van der Waals surface area (Å²) in [6.45, 7) is 0. The van der Waals surface area contributed by atoms with Crippen LogP contribution in [0.3, 0.4) is 0 Å². The summed E-state index contributed by atoms with van der Waals surface area (Å²) in [5, 5.41) is 35.1. The molecule has 2 heteroatoms. The molecule has 64 heavy (non-hydrogen) atoms. The van der Waals surface area contributed by atoms with Gasteiger partial charge in [0.25, 0.3) is 0 Å². The lowest BCUT2D eigenvalue weighted by Crippen LogP contribution is -1.96. The van der Waals surface area contributed by atoms with Crippen LogP contribution in [-0.2, 0) is 0 Å². The molecule has 0 aliphatic heterocycles. The van der Waals surface area contributed by atoms with Crippen LogP contribution in [0.5, 0.6) is 0 Å². The van der Waals surface area contributed by atoms with Gasteiger partial charge in [0.1, 0.15) is 0 Å². The lowest BCUT2D eigenvalue weighted by molar-refractivity contribution is 1.48. The van der Waals surface area contributed by atoms with E-state index >= 15 is 0 Å². The van der Waals surface area contributed by atoms with Crippen LogP contribution in [0.1, 0.15) is 33.4 Å². The molecule has 0 saturated carbocycles. The molecule has 0 saturated heterocycles. The highest BCUT2D eigenvalue weighted by molar-refractivity contribution is 6.32. The Kier molecular flexibility index (Phi) is 8.46. The highest BCUT2D eigenvalue weighted by Crippen LogP contribution is 2.49. The van der Waals surface area contributed by atoms with Crippen molar-refractivity contribution in [3.8, 4) is 58.1 Å². The van der Waals surface area contributed by atoms with Crippen molar-refractivity contribution in [2.75, 3.05) is 0 Å². The van der Waals surface area contributed by atoms with E-state index in [4.69, 9.17) is 0 Å². The molecule has 0 atom stereocenters. The average Bonchev–Trinajstić information content (AvgIpc) is 3.35. The Bertz CT molecular complexity index is 3760. The van der Waals surface area contributed by atoms with Crippen LogP contribution in [0.15, 0.2) is 194 Å². The van der Waals surface area contributed by atoms with Crippen molar-refractivity contribution in [1.82, 2.24) is 0 Å². The molecule has 12 rings (SSSR count). The quantitative estimate of drug-likeness (QED) is 0.0993. The highest BCUT2D eigenvalue weighted by Gasteiger charge is 2.22. The lowest BCUT2D eigenvalue weighted by atomic mass is 9.81. The van der Waals surface area contributed by atoms with Gasteiger partial charge in [-0.05, 0) is 170 Å². The first-order valence-electron chi connectivity index (χ1n) is 21.3. The molecular weight excluding hydrogens is 773 g/mol. The number of hydrogen-bond acceptors (Lipinski definition) is 2. The topological polar surface area (TPSA) is 47.6 Å². The number of nitriles is 2. The predicted molar refractivity (Wildman–Crippen MR) is 265 cm³/mol. The summed E-state index contributed by atoms with van der Waals surface area (Å²) >= 11 is 0. The molecule has 0 spiro atoms. The number of rotatable bonds is 2. The van der Waals surface area contributed by atoms with Crippen LogP contribution in [0.4, 0.5) is 0 Å². The Morgan fingerprint density at radius 3 is 0.922 bits per heavy atom. The van der Waals surface area contributed by atoms with Crippen LogP contribution in [0, 0.1) is 46.3 Å². The number of nitrogens with zero attached hydrogens (tertiary/aromatic N) is 2. The molecule has 0 aliphatic carbocycles. The largest absolute Gasteiger partial charge is 0.192 e. The third-order valence-corrected chi connectivity index (χ3v) is 12.7. The van der Waals surface area contributed by atoms with Gasteiger partial charge in [-0.3, -0.25) is 0 Å². The summed E-state index contributed by atoms with van der Waals surface area (Å²) in [6.07, 6.45) is 0. The zero-order valence-electron chi connectivity index (χ0n) is 34.4. The van der Waals surface area contributed by atoms with Gasteiger partial charge in [0.15, 0.2) is 0 Å². The molecule has 0 N–H and O–H groups in total. The minimum atomic E-state index is 0.603. The molecule has 0 bridgehead atoms. The maximum absolute atomic E-state index is 9.50. The van der Waals surface area contributed by atoms with Crippen molar-refractivity contribution in [1.29, 1.82) is 10.5 Å². The molecule has 12 aromatic rings.